The van der Waals surface area contributed by atoms with Crippen molar-refractivity contribution in [2.24, 2.45) is 7.05 Å². The monoisotopic (exact) mass is 307 g/mol. The zero-order chi connectivity index (χ0) is 13.1. The lowest BCUT2D eigenvalue weighted by Gasteiger charge is -2.08. The lowest BCUT2D eigenvalue weighted by Crippen LogP contribution is -2.06. The highest BCUT2D eigenvalue weighted by Crippen LogP contribution is 2.22. The van der Waals surface area contributed by atoms with Crippen molar-refractivity contribution in [1.82, 2.24) is 9.78 Å². The Hall–Kier alpha value is -1.29. The van der Waals surface area contributed by atoms with Gasteiger partial charge in [-0.05, 0) is 47.0 Å². The smallest absolute Gasteiger partial charge is 0.0767 e. The highest BCUT2D eigenvalue weighted by molar-refractivity contribution is 9.10. The van der Waals surface area contributed by atoms with E-state index in [0.29, 0.717) is 0 Å². The van der Waals surface area contributed by atoms with E-state index in [4.69, 9.17) is 0 Å². The molecule has 0 aliphatic rings. The standard InChI is InChI=1S/C14H18BrN3/c1-4-12-14(15)13(18(3)17-12)9-16-11-7-5-6-10(2)8-11/h5-8,16H,4,9H2,1-3H3. The van der Waals surface area contributed by atoms with Crippen molar-refractivity contribution >= 4 is 21.6 Å². The Bertz CT molecular complexity index is 546. The third-order valence-corrected chi connectivity index (χ3v) is 3.90. The number of aromatic nitrogens is 2. The average molecular weight is 308 g/mol. The zero-order valence-corrected chi connectivity index (χ0v) is 12.6. The molecule has 0 bridgehead atoms. The van der Waals surface area contributed by atoms with Gasteiger partial charge in [-0.1, -0.05) is 19.1 Å². The third-order valence-electron chi connectivity index (χ3n) is 2.98. The Morgan fingerprint density at radius 1 is 1.39 bits per heavy atom. The van der Waals surface area contributed by atoms with Crippen LogP contribution >= 0.6 is 15.9 Å². The van der Waals surface area contributed by atoms with Crippen LogP contribution in [0.4, 0.5) is 5.69 Å². The quantitative estimate of drug-likeness (QED) is 0.934. The van der Waals surface area contributed by atoms with Crippen molar-refractivity contribution in [2.75, 3.05) is 5.32 Å². The van der Waals surface area contributed by atoms with Gasteiger partial charge in [-0.25, -0.2) is 0 Å². The highest BCUT2D eigenvalue weighted by Gasteiger charge is 2.11. The second-order valence-corrected chi connectivity index (χ2v) is 5.20. The normalized spacial score (nSPS) is 10.7. The molecule has 0 amide bonds. The molecule has 3 nitrogen and oxygen atoms in total. The molecule has 0 saturated heterocycles. The van der Waals surface area contributed by atoms with Gasteiger partial charge < -0.3 is 5.32 Å². The number of hydrogen-bond donors (Lipinski definition) is 1. The first-order valence-corrected chi connectivity index (χ1v) is 6.92. The fourth-order valence-corrected chi connectivity index (χ4v) is 2.71. The fraction of sp³-hybridized carbons (Fsp3) is 0.357. The van der Waals surface area contributed by atoms with Gasteiger partial charge in [0.2, 0.25) is 0 Å². The van der Waals surface area contributed by atoms with Gasteiger partial charge in [0, 0.05) is 12.7 Å². The number of hydrogen-bond acceptors (Lipinski definition) is 2. The molecule has 1 N–H and O–H groups in total. The van der Waals surface area contributed by atoms with Crippen LogP contribution in [0.15, 0.2) is 28.7 Å². The van der Waals surface area contributed by atoms with Crippen molar-refractivity contribution in [1.29, 1.82) is 0 Å². The summed E-state index contributed by atoms with van der Waals surface area (Å²) < 4.78 is 3.05. The summed E-state index contributed by atoms with van der Waals surface area (Å²) >= 11 is 3.63. The van der Waals surface area contributed by atoms with Crippen LogP contribution in [0.3, 0.4) is 0 Å². The van der Waals surface area contributed by atoms with E-state index in [2.05, 4.69) is 64.5 Å². The molecule has 18 heavy (non-hydrogen) atoms. The van der Waals surface area contributed by atoms with Gasteiger partial charge in [0.1, 0.15) is 0 Å². The Morgan fingerprint density at radius 2 is 2.17 bits per heavy atom. The number of nitrogens with zero attached hydrogens (tertiary/aromatic N) is 2. The number of halogens is 1. The first-order chi connectivity index (χ1) is 8.61. The van der Waals surface area contributed by atoms with Crippen LogP contribution in [0.2, 0.25) is 0 Å². The van der Waals surface area contributed by atoms with Gasteiger partial charge in [-0.2, -0.15) is 5.10 Å². The molecule has 1 aromatic carbocycles. The zero-order valence-electron chi connectivity index (χ0n) is 11.0. The van der Waals surface area contributed by atoms with Crippen LogP contribution in [0.5, 0.6) is 0 Å². The van der Waals surface area contributed by atoms with E-state index < -0.39 is 0 Å². The van der Waals surface area contributed by atoms with Crippen molar-refractivity contribution in [2.45, 2.75) is 26.8 Å². The highest BCUT2D eigenvalue weighted by atomic mass is 79.9. The van der Waals surface area contributed by atoms with Crippen LogP contribution in [-0.4, -0.2) is 9.78 Å². The van der Waals surface area contributed by atoms with Crippen LogP contribution in [0.25, 0.3) is 0 Å². The molecule has 0 unspecified atom stereocenters. The predicted octanol–water partition coefficient (Wildman–Crippen LogP) is 3.67. The van der Waals surface area contributed by atoms with Gasteiger partial charge in [0.15, 0.2) is 0 Å². The molecule has 0 aliphatic carbocycles. The Labute approximate surface area is 116 Å². The van der Waals surface area contributed by atoms with E-state index in [0.717, 1.165) is 28.8 Å². The molecular weight excluding hydrogens is 290 g/mol. The average Bonchev–Trinajstić information content (AvgIpc) is 2.62. The maximum absolute atomic E-state index is 4.49. The maximum atomic E-state index is 4.49. The van der Waals surface area contributed by atoms with Crippen LogP contribution in [-0.2, 0) is 20.0 Å². The second kappa shape index (κ2) is 5.57. The second-order valence-electron chi connectivity index (χ2n) is 4.41. The molecule has 1 heterocycles. The van der Waals surface area contributed by atoms with Crippen molar-refractivity contribution < 1.29 is 0 Å². The minimum Gasteiger partial charge on any atom is -0.379 e. The molecule has 0 radical (unpaired) electrons. The minimum absolute atomic E-state index is 0.771. The minimum atomic E-state index is 0.771. The fourth-order valence-electron chi connectivity index (χ4n) is 1.95. The number of anilines is 1. The molecule has 0 fully saturated rings. The van der Waals surface area contributed by atoms with E-state index in [1.54, 1.807) is 0 Å². The molecule has 4 heteroatoms. The topological polar surface area (TPSA) is 29.9 Å². The third kappa shape index (κ3) is 2.75. The summed E-state index contributed by atoms with van der Waals surface area (Å²) in [5.74, 6) is 0. The van der Waals surface area contributed by atoms with Gasteiger partial charge in [0.25, 0.3) is 0 Å². The molecule has 0 aliphatic heterocycles. The van der Waals surface area contributed by atoms with Crippen LogP contribution in [0, 0.1) is 6.92 Å². The summed E-state index contributed by atoms with van der Waals surface area (Å²) in [6, 6.07) is 8.39. The molecule has 2 rings (SSSR count). The number of rotatable bonds is 4. The van der Waals surface area contributed by atoms with E-state index in [1.807, 2.05) is 11.7 Å². The summed E-state index contributed by atoms with van der Waals surface area (Å²) in [4.78, 5) is 0. The summed E-state index contributed by atoms with van der Waals surface area (Å²) in [6.07, 6.45) is 0.943. The number of nitrogens with one attached hydrogen (secondary N) is 1. The summed E-state index contributed by atoms with van der Waals surface area (Å²) in [6.45, 7) is 4.98. The Balaban J connectivity index is 2.13. The van der Waals surface area contributed by atoms with Gasteiger partial charge >= 0.3 is 0 Å². The maximum Gasteiger partial charge on any atom is 0.0767 e. The number of benzene rings is 1. The summed E-state index contributed by atoms with van der Waals surface area (Å²) in [5, 5.41) is 7.92. The largest absolute Gasteiger partial charge is 0.379 e. The SMILES string of the molecule is CCc1nn(C)c(CNc2cccc(C)c2)c1Br. The first-order valence-electron chi connectivity index (χ1n) is 6.12. The lowest BCUT2D eigenvalue weighted by molar-refractivity contribution is 0.706. The van der Waals surface area contributed by atoms with E-state index >= 15 is 0 Å². The lowest BCUT2D eigenvalue weighted by atomic mass is 10.2. The molecule has 96 valence electrons. The first kappa shape index (κ1) is 13.1. The predicted molar refractivity (Wildman–Crippen MR) is 78.8 cm³/mol. The van der Waals surface area contributed by atoms with Gasteiger partial charge in [0.05, 0.1) is 22.4 Å². The van der Waals surface area contributed by atoms with Crippen molar-refractivity contribution in [3.63, 3.8) is 0 Å². The Kier molecular flexibility index (Phi) is 4.07. The van der Waals surface area contributed by atoms with Crippen LogP contribution < -0.4 is 5.32 Å². The summed E-state index contributed by atoms with van der Waals surface area (Å²) in [5.41, 5.74) is 4.69. The Morgan fingerprint density at radius 3 is 2.78 bits per heavy atom. The van der Waals surface area contributed by atoms with E-state index in [1.165, 1.54) is 11.3 Å². The molecule has 0 saturated carbocycles. The number of aryl methyl sites for hydroxylation is 3. The molecule has 1 aromatic heterocycles. The summed E-state index contributed by atoms with van der Waals surface area (Å²) in [7, 11) is 1.98. The van der Waals surface area contributed by atoms with Crippen molar-refractivity contribution in [3.05, 3.63) is 45.7 Å². The van der Waals surface area contributed by atoms with E-state index in [-0.39, 0.29) is 0 Å². The van der Waals surface area contributed by atoms with E-state index in [9.17, 15) is 0 Å². The molecule has 0 atom stereocenters. The van der Waals surface area contributed by atoms with Gasteiger partial charge in [-0.15, -0.1) is 0 Å². The molecule has 2 aromatic rings. The molecular formula is C14H18BrN3. The van der Waals surface area contributed by atoms with Crippen LogP contribution in [0.1, 0.15) is 23.9 Å². The van der Waals surface area contributed by atoms with Crippen molar-refractivity contribution in [3.8, 4) is 0 Å². The van der Waals surface area contributed by atoms with Gasteiger partial charge in [-0.3, -0.25) is 4.68 Å². The molecule has 0 spiro atoms.